The lowest BCUT2D eigenvalue weighted by Gasteiger charge is -2.08. The number of rotatable bonds is 4. The smallest absolute Gasteiger partial charge is 0.274 e. The van der Waals surface area contributed by atoms with Crippen molar-refractivity contribution in [3.63, 3.8) is 0 Å². The zero-order chi connectivity index (χ0) is 14.7. The van der Waals surface area contributed by atoms with E-state index >= 15 is 0 Å². The number of aromatic nitrogens is 1. The summed E-state index contributed by atoms with van der Waals surface area (Å²) in [5, 5.41) is 23.1. The van der Waals surface area contributed by atoms with E-state index in [1.54, 1.807) is 13.0 Å². The topological polar surface area (TPSA) is 88.3 Å². The molecule has 0 spiro atoms. The number of anilines is 1. The second-order valence-corrected chi connectivity index (χ2v) is 4.23. The fourth-order valence-corrected chi connectivity index (χ4v) is 1.70. The van der Waals surface area contributed by atoms with Crippen LogP contribution in [0.2, 0.25) is 0 Å². The van der Waals surface area contributed by atoms with Crippen molar-refractivity contribution in [2.45, 2.75) is 13.5 Å². The second kappa shape index (κ2) is 5.52. The summed E-state index contributed by atoms with van der Waals surface area (Å²) in [4.78, 5) is 14.1. The Balaban J connectivity index is 2.18. The second-order valence-electron chi connectivity index (χ2n) is 4.23. The SMILES string of the molecule is Cc1ccc(O)c(CNc2cc(F)cc([N+](=O)[O-])c2)n1. The fraction of sp³-hybridized carbons (Fsp3) is 0.154. The molecular formula is C13H12FN3O3. The van der Waals surface area contributed by atoms with E-state index in [0.29, 0.717) is 5.69 Å². The lowest BCUT2D eigenvalue weighted by atomic mass is 10.2. The van der Waals surface area contributed by atoms with Crippen LogP contribution in [0.4, 0.5) is 15.8 Å². The Hall–Kier alpha value is -2.70. The highest BCUT2D eigenvalue weighted by Gasteiger charge is 2.10. The highest BCUT2D eigenvalue weighted by molar-refractivity contribution is 5.52. The van der Waals surface area contributed by atoms with Crippen molar-refractivity contribution in [1.29, 1.82) is 0 Å². The van der Waals surface area contributed by atoms with E-state index in [1.807, 2.05) is 0 Å². The Morgan fingerprint density at radius 3 is 2.85 bits per heavy atom. The molecule has 0 fully saturated rings. The molecule has 0 saturated heterocycles. The number of nitro benzene ring substituents is 1. The first kappa shape index (κ1) is 13.7. The van der Waals surface area contributed by atoms with Gasteiger partial charge in [0.25, 0.3) is 5.69 Å². The molecule has 1 aromatic heterocycles. The van der Waals surface area contributed by atoms with Crippen LogP contribution >= 0.6 is 0 Å². The average Bonchev–Trinajstić information content (AvgIpc) is 2.39. The molecule has 0 atom stereocenters. The van der Waals surface area contributed by atoms with E-state index in [0.717, 1.165) is 17.8 Å². The van der Waals surface area contributed by atoms with Crippen LogP contribution in [0.5, 0.6) is 5.75 Å². The molecule has 2 N–H and O–H groups in total. The first-order valence-corrected chi connectivity index (χ1v) is 5.80. The molecule has 7 heteroatoms. The van der Waals surface area contributed by atoms with Gasteiger partial charge in [0, 0.05) is 17.4 Å². The molecule has 1 aromatic carbocycles. The molecule has 2 rings (SSSR count). The number of non-ortho nitro benzene ring substituents is 1. The number of benzene rings is 1. The van der Waals surface area contributed by atoms with Crippen molar-refractivity contribution in [2.75, 3.05) is 5.32 Å². The van der Waals surface area contributed by atoms with Crippen LogP contribution in [0.25, 0.3) is 0 Å². The third kappa shape index (κ3) is 3.19. The molecule has 2 aromatic rings. The zero-order valence-electron chi connectivity index (χ0n) is 10.6. The molecule has 0 aliphatic rings. The molecule has 104 valence electrons. The van der Waals surface area contributed by atoms with Crippen LogP contribution in [0.3, 0.4) is 0 Å². The summed E-state index contributed by atoms with van der Waals surface area (Å²) in [5.74, 6) is -0.697. The van der Waals surface area contributed by atoms with Crippen LogP contribution in [-0.4, -0.2) is 15.0 Å². The standard InChI is InChI=1S/C13H12FN3O3/c1-8-2-3-13(18)12(16-8)7-15-10-4-9(14)5-11(6-10)17(19)20/h2-6,15,18H,7H2,1H3. The summed E-state index contributed by atoms with van der Waals surface area (Å²) in [6, 6.07) is 6.36. The Kier molecular flexibility index (Phi) is 3.79. The highest BCUT2D eigenvalue weighted by Crippen LogP contribution is 2.22. The zero-order valence-corrected chi connectivity index (χ0v) is 10.6. The predicted octanol–water partition coefficient (Wildman–Crippen LogP) is 2.76. The van der Waals surface area contributed by atoms with Crippen molar-refractivity contribution >= 4 is 11.4 Å². The summed E-state index contributed by atoms with van der Waals surface area (Å²) < 4.78 is 13.2. The molecule has 0 aliphatic carbocycles. The predicted molar refractivity (Wildman–Crippen MR) is 71.0 cm³/mol. The van der Waals surface area contributed by atoms with Crippen molar-refractivity contribution in [3.05, 3.63) is 57.7 Å². The Morgan fingerprint density at radius 2 is 2.15 bits per heavy atom. The van der Waals surface area contributed by atoms with Gasteiger partial charge in [-0.1, -0.05) is 0 Å². The third-order valence-corrected chi connectivity index (χ3v) is 2.64. The number of hydrogen-bond acceptors (Lipinski definition) is 5. The van der Waals surface area contributed by atoms with E-state index in [-0.39, 0.29) is 23.7 Å². The number of nitro groups is 1. The van der Waals surface area contributed by atoms with Crippen LogP contribution in [0.15, 0.2) is 30.3 Å². The highest BCUT2D eigenvalue weighted by atomic mass is 19.1. The molecule has 20 heavy (non-hydrogen) atoms. The maximum atomic E-state index is 13.2. The molecule has 0 bridgehead atoms. The first-order valence-electron chi connectivity index (χ1n) is 5.80. The van der Waals surface area contributed by atoms with E-state index < -0.39 is 10.7 Å². The molecule has 1 heterocycles. The van der Waals surface area contributed by atoms with Gasteiger partial charge < -0.3 is 10.4 Å². The fourth-order valence-electron chi connectivity index (χ4n) is 1.70. The Bertz CT molecular complexity index is 661. The molecule has 0 amide bonds. The number of pyridine rings is 1. The summed E-state index contributed by atoms with van der Waals surface area (Å²) in [7, 11) is 0. The lowest BCUT2D eigenvalue weighted by molar-refractivity contribution is -0.385. The molecular weight excluding hydrogens is 265 g/mol. The number of halogens is 1. The number of aromatic hydroxyl groups is 1. The van der Waals surface area contributed by atoms with Crippen molar-refractivity contribution in [1.82, 2.24) is 4.98 Å². The maximum absolute atomic E-state index is 13.2. The number of hydrogen-bond donors (Lipinski definition) is 2. The summed E-state index contributed by atoms with van der Waals surface area (Å²) in [5.41, 5.74) is 1.02. The maximum Gasteiger partial charge on any atom is 0.274 e. The summed E-state index contributed by atoms with van der Waals surface area (Å²) >= 11 is 0. The third-order valence-electron chi connectivity index (χ3n) is 2.64. The van der Waals surface area contributed by atoms with Gasteiger partial charge in [-0.3, -0.25) is 15.1 Å². The lowest BCUT2D eigenvalue weighted by Crippen LogP contribution is -2.03. The minimum atomic E-state index is -0.705. The van der Waals surface area contributed by atoms with Gasteiger partial charge in [0.1, 0.15) is 17.3 Å². The van der Waals surface area contributed by atoms with Crippen molar-refractivity contribution < 1.29 is 14.4 Å². The van der Waals surface area contributed by atoms with E-state index in [1.165, 1.54) is 12.1 Å². The van der Waals surface area contributed by atoms with Crippen molar-refractivity contribution in [2.24, 2.45) is 0 Å². The first-order chi connectivity index (χ1) is 9.45. The van der Waals surface area contributed by atoms with E-state index in [9.17, 15) is 19.6 Å². The van der Waals surface area contributed by atoms with Crippen LogP contribution in [0, 0.1) is 22.9 Å². The number of aryl methyl sites for hydroxylation is 1. The molecule has 0 unspecified atom stereocenters. The summed E-state index contributed by atoms with van der Waals surface area (Å²) in [6.45, 7) is 1.91. The molecule has 0 saturated carbocycles. The minimum absolute atomic E-state index is 0.00834. The van der Waals surface area contributed by atoms with Gasteiger partial charge in [-0.15, -0.1) is 0 Å². The molecule has 6 nitrogen and oxygen atoms in total. The van der Waals surface area contributed by atoms with E-state index in [2.05, 4.69) is 10.3 Å². The van der Waals surface area contributed by atoms with Gasteiger partial charge in [-0.25, -0.2) is 4.39 Å². The van der Waals surface area contributed by atoms with Crippen LogP contribution < -0.4 is 5.32 Å². The quantitative estimate of drug-likeness (QED) is 0.662. The van der Waals surface area contributed by atoms with Gasteiger partial charge in [0.15, 0.2) is 0 Å². The van der Waals surface area contributed by atoms with Gasteiger partial charge in [0.05, 0.1) is 17.5 Å². The Morgan fingerprint density at radius 1 is 1.40 bits per heavy atom. The molecule has 0 aliphatic heterocycles. The van der Waals surface area contributed by atoms with Gasteiger partial charge in [-0.2, -0.15) is 0 Å². The molecule has 0 radical (unpaired) electrons. The number of nitrogens with one attached hydrogen (secondary N) is 1. The van der Waals surface area contributed by atoms with Gasteiger partial charge in [0.2, 0.25) is 0 Å². The number of nitrogens with zero attached hydrogens (tertiary/aromatic N) is 2. The minimum Gasteiger partial charge on any atom is -0.506 e. The average molecular weight is 277 g/mol. The van der Waals surface area contributed by atoms with Gasteiger partial charge >= 0.3 is 0 Å². The van der Waals surface area contributed by atoms with Crippen LogP contribution in [0.1, 0.15) is 11.4 Å². The Labute approximate surface area is 114 Å². The monoisotopic (exact) mass is 277 g/mol. The van der Waals surface area contributed by atoms with E-state index in [4.69, 9.17) is 0 Å². The van der Waals surface area contributed by atoms with Crippen molar-refractivity contribution in [3.8, 4) is 5.75 Å². The van der Waals surface area contributed by atoms with Crippen LogP contribution in [-0.2, 0) is 6.54 Å². The summed E-state index contributed by atoms with van der Waals surface area (Å²) in [6.07, 6.45) is 0. The largest absolute Gasteiger partial charge is 0.506 e. The normalized spacial score (nSPS) is 10.3. The van der Waals surface area contributed by atoms with Gasteiger partial charge in [-0.05, 0) is 25.1 Å².